The van der Waals surface area contributed by atoms with E-state index in [1.807, 2.05) is 0 Å². The van der Waals surface area contributed by atoms with E-state index in [-0.39, 0.29) is 23.0 Å². The molecule has 0 fully saturated rings. The largest absolute Gasteiger partial charge is 0.777 e. The molecule has 6 nitrogen and oxygen atoms in total. The van der Waals surface area contributed by atoms with E-state index in [0.717, 1.165) is 0 Å². The minimum Gasteiger partial charge on any atom is -0.609 e. The average Bonchev–Trinajstić information content (AvgIpc) is 2.92. The van der Waals surface area contributed by atoms with Gasteiger partial charge in [-0.15, -0.1) is 0 Å². The van der Waals surface area contributed by atoms with Crippen LogP contribution in [0.3, 0.4) is 0 Å². The molecule has 1 spiro atoms. The third kappa shape index (κ3) is 1.32. The summed E-state index contributed by atoms with van der Waals surface area (Å²) in [5.41, 5.74) is 0. The van der Waals surface area contributed by atoms with Gasteiger partial charge in [0, 0.05) is 0 Å². The van der Waals surface area contributed by atoms with Gasteiger partial charge in [0.05, 0.1) is 0 Å². The molecule has 0 saturated carbocycles. The Kier molecular flexibility index (Phi) is 1.72. The fourth-order valence-corrected chi connectivity index (χ4v) is 2.18. The van der Waals surface area contributed by atoms with Crippen molar-refractivity contribution in [3.8, 4) is 34.5 Å². The Balaban J connectivity index is 1.75. The van der Waals surface area contributed by atoms with E-state index in [0.29, 0.717) is 11.5 Å². The number of hydrogen-bond acceptors (Lipinski definition) is 6. The average molecular weight is 259 g/mol. The van der Waals surface area contributed by atoms with Crippen molar-refractivity contribution in [3.05, 3.63) is 36.4 Å². The van der Waals surface area contributed by atoms with Crippen molar-refractivity contribution in [3.63, 3.8) is 0 Å². The second-order valence-corrected chi connectivity index (χ2v) is 4.26. The first-order chi connectivity index (χ1) is 9.17. The van der Waals surface area contributed by atoms with Gasteiger partial charge in [-0.2, -0.15) is 0 Å². The molecular weight excluding hydrogens is 251 g/mol. The normalized spacial score (nSPS) is 16.8. The molecule has 4 rings (SSSR count). The molecule has 0 bridgehead atoms. The molecule has 2 aliphatic rings. The van der Waals surface area contributed by atoms with Gasteiger partial charge in [0.15, 0.2) is 23.0 Å². The highest BCUT2D eigenvalue weighted by Crippen LogP contribution is 2.50. The summed E-state index contributed by atoms with van der Waals surface area (Å²) >= 11 is 0. The Labute approximate surface area is 107 Å². The van der Waals surface area contributed by atoms with Gasteiger partial charge in [0.2, 0.25) is 0 Å². The highest BCUT2D eigenvalue weighted by Gasteiger charge is 2.53. The molecule has 7 heteroatoms. The molecule has 19 heavy (non-hydrogen) atoms. The van der Waals surface area contributed by atoms with Crippen molar-refractivity contribution >= 4 is 6.96 Å². The molecule has 2 aromatic carbocycles. The summed E-state index contributed by atoms with van der Waals surface area (Å²) in [5.74, 6) is 0.844. The summed E-state index contributed by atoms with van der Waals surface area (Å²) in [7, 11) is 0. The summed E-state index contributed by atoms with van der Waals surface area (Å²) in [6.07, 6.45) is 0. The zero-order valence-electron chi connectivity index (χ0n) is 9.57. The quantitative estimate of drug-likeness (QED) is 0.702. The molecule has 2 aliphatic heterocycles. The van der Waals surface area contributed by atoms with Gasteiger partial charge in [-0.05, 0) is 24.3 Å². The zero-order valence-corrected chi connectivity index (χ0v) is 9.57. The van der Waals surface area contributed by atoms with Crippen LogP contribution in [0.4, 0.5) is 0 Å². The van der Waals surface area contributed by atoms with Gasteiger partial charge >= 0.3 is 6.96 Å². The third-order valence-corrected chi connectivity index (χ3v) is 2.98. The van der Waals surface area contributed by atoms with Crippen LogP contribution in [-0.2, 0) is 0 Å². The second kappa shape index (κ2) is 3.20. The molecular formula is C12H8BO6-. The number of phenolic OH excluding ortho intramolecular Hbond substituents is 2. The van der Waals surface area contributed by atoms with Gasteiger partial charge < -0.3 is 28.8 Å². The Morgan fingerprint density at radius 3 is 1.58 bits per heavy atom. The molecule has 0 aliphatic carbocycles. The number of hydrogen-bond donors (Lipinski definition) is 2. The van der Waals surface area contributed by atoms with Crippen molar-refractivity contribution < 1.29 is 28.8 Å². The molecule has 0 unspecified atom stereocenters. The van der Waals surface area contributed by atoms with Crippen LogP contribution in [0.1, 0.15) is 0 Å². The van der Waals surface area contributed by atoms with E-state index in [1.54, 1.807) is 24.3 Å². The monoisotopic (exact) mass is 259 g/mol. The van der Waals surface area contributed by atoms with Crippen LogP contribution >= 0.6 is 0 Å². The van der Waals surface area contributed by atoms with Crippen molar-refractivity contribution in [1.82, 2.24) is 0 Å². The molecule has 96 valence electrons. The van der Waals surface area contributed by atoms with Crippen molar-refractivity contribution in [1.29, 1.82) is 0 Å². The maximum absolute atomic E-state index is 9.69. The van der Waals surface area contributed by atoms with E-state index >= 15 is 0 Å². The fourth-order valence-electron chi connectivity index (χ4n) is 2.18. The summed E-state index contributed by atoms with van der Waals surface area (Å²) in [4.78, 5) is 0. The number of phenols is 2. The van der Waals surface area contributed by atoms with Crippen LogP contribution in [0.2, 0.25) is 0 Å². The van der Waals surface area contributed by atoms with Gasteiger partial charge in [0.25, 0.3) is 0 Å². The van der Waals surface area contributed by atoms with Crippen molar-refractivity contribution in [2.45, 2.75) is 0 Å². The van der Waals surface area contributed by atoms with Gasteiger partial charge in [-0.1, -0.05) is 12.1 Å². The number of fused-ring (bicyclic) bond motifs is 2. The molecule has 2 aromatic rings. The smallest absolute Gasteiger partial charge is 0.609 e. The number of aromatic hydroxyl groups is 2. The van der Waals surface area contributed by atoms with E-state index in [2.05, 4.69) is 0 Å². The molecule has 0 amide bonds. The minimum absolute atomic E-state index is 0.0661. The predicted molar refractivity (Wildman–Crippen MR) is 64.5 cm³/mol. The Morgan fingerprint density at radius 1 is 0.684 bits per heavy atom. The maximum atomic E-state index is 9.69. The van der Waals surface area contributed by atoms with Crippen LogP contribution in [0.15, 0.2) is 36.4 Å². The van der Waals surface area contributed by atoms with Crippen molar-refractivity contribution in [2.24, 2.45) is 0 Å². The molecule has 0 radical (unpaired) electrons. The molecule has 2 heterocycles. The highest BCUT2D eigenvalue weighted by molar-refractivity contribution is 6.59. The fraction of sp³-hybridized carbons (Fsp3) is 0. The summed E-state index contributed by atoms with van der Waals surface area (Å²) < 4.78 is 21.9. The first kappa shape index (κ1) is 10.2. The SMILES string of the molecule is Oc1cccc2c1O[B-]1(O2)Oc2cccc(O)c2O1. The summed E-state index contributed by atoms with van der Waals surface area (Å²) in [6.45, 7) is -2.56. The predicted octanol–water partition coefficient (Wildman–Crippen LogP) is 1.78. The van der Waals surface area contributed by atoms with Crippen LogP contribution < -0.4 is 18.6 Å². The van der Waals surface area contributed by atoms with E-state index in [4.69, 9.17) is 18.6 Å². The van der Waals surface area contributed by atoms with Gasteiger partial charge in [-0.3, -0.25) is 0 Å². The standard InChI is InChI=1S/C12H8BO6/c14-7-3-1-5-9-11(7)18-13(16-9)17-10-6-2-4-8(15)12(10)19-13/h1-6,14-15H/q-1. The molecule has 0 aromatic heterocycles. The van der Waals surface area contributed by atoms with Gasteiger partial charge in [0.1, 0.15) is 11.5 Å². The molecule has 2 N–H and O–H groups in total. The lowest BCUT2D eigenvalue weighted by Crippen LogP contribution is -2.54. The Hall–Kier alpha value is -2.70. The first-order valence-electron chi connectivity index (χ1n) is 5.69. The van der Waals surface area contributed by atoms with E-state index in [9.17, 15) is 10.2 Å². The zero-order chi connectivity index (χ0) is 13.0. The van der Waals surface area contributed by atoms with Crippen molar-refractivity contribution in [2.75, 3.05) is 0 Å². The number of rotatable bonds is 0. The highest BCUT2D eigenvalue weighted by atomic mass is 16.9. The van der Waals surface area contributed by atoms with E-state index in [1.165, 1.54) is 12.1 Å². The first-order valence-corrected chi connectivity index (χ1v) is 5.69. The summed E-state index contributed by atoms with van der Waals surface area (Å²) in [6, 6.07) is 9.42. The van der Waals surface area contributed by atoms with Gasteiger partial charge in [-0.25, -0.2) is 0 Å². The lowest BCUT2D eigenvalue weighted by molar-refractivity contribution is 0.220. The van der Waals surface area contributed by atoms with Crippen LogP contribution in [0.5, 0.6) is 34.5 Å². The van der Waals surface area contributed by atoms with Crippen LogP contribution in [0.25, 0.3) is 0 Å². The molecule has 0 atom stereocenters. The van der Waals surface area contributed by atoms with Crippen LogP contribution in [-0.4, -0.2) is 17.2 Å². The number of benzene rings is 2. The Morgan fingerprint density at radius 2 is 1.16 bits per heavy atom. The molecule has 0 saturated heterocycles. The summed E-state index contributed by atoms with van der Waals surface area (Å²) in [5, 5.41) is 19.4. The minimum atomic E-state index is -2.56. The Bertz CT molecular complexity index is 626. The maximum Gasteiger partial charge on any atom is 0.777 e. The van der Waals surface area contributed by atoms with E-state index < -0.39 is 6.96 Å². The topological polar surface area (TPSA) is 77.4 Å². The lowest BCUT2D eigenvalue weighted by Gasteiger charge is -2.27. The second-order valence-electron chi connectivity index (χ2n) is 4.26. The van der Waals surface area contributed by atoms with Crippen LogP contribution in [0, 0.1) is 0 Å². The third-order valence-electron chi connectivity index (χ3n) is 2.98. The number of para-hydroxylation sites is 2. The lowest BCUT2D eigenvalue weighted by atomic mass is 10.1.